The standard InChI is InChI=1S/C11H10N6O2/c1-2-19-10(18)9-8-7(5-13-16-8)14-11(15-9)17-4-3-12-6-17/h3-6H,2H2,1H3,(H,13,16). The Morgan fingerprint density at radius 3 is 3.11 bits per heavy atom. The molecule has 3 rings (SSSR count). The van der Waals surface area contributed by atoms with E-state index in [-0.39, 0.29) is 12.3 Å². The van der Waals surface area contributed by atoms with Gasteiger partial charge in [0, 0.05) is 12.4 Å². The lowest BCUT2D eigenvalue weighted by Gasteiger charge is -2.05. The molecule has 1 N–H and O–H groups in total. The van der Waals surface area contributed by atoms with Crippen LogP contribution in [-0.2, 0) is 4.74 Å². The fourth-order valence-electron chi connectivity index (χ4n) is 1.67. The van der Waals surface area contributed by atoms with Crippen LogP contribution in [0.5, 0.6) is 0 Å². The number of ether oxygens (including phenoxy) is 1. The molecular formula is C11H10N6O2. The van der Waals surface area contributed by atoms with Crippen LogP contribution in [0.2, 0.25) is 0 Å². The molecule has 96 valence electrons. The first-order chi connectivity index (χ1) is 9.29. The second kappa shape index (κ2) is 4.48. The van der Waals surface area contributed by atoms with Crippen LogP contribution in [0, 0.1) is 0 Å². The quantitative estimate of drug-likeness (QED) is 0.695. The highest BCUT2D eigenvalue weighted by atomic mass is 16.5. The van der Waals surface area contributed by atoms with E-state index in [2.05, 4.69) is 25.1 Å². The third kappa shape index (κ3) is 1.92. The fraction of sp³-hybridized carbons (Fsp3) is 0.182. The van der Waals surface area contributed by atoms with Gasteiger partial charge in [0.2, 0.25) is 5.95 Å². The number of imidazole rings is 1. The van der Waals surface area contributed by atoms with Gasteiger partial charge in [-0.15, -0.1) is 0 Å². The molecular weight excluding hydrogens is 248 g/mol. The summed E-state index contributed by atoms with van der Waals surface area (Å²) in [6.45, 7) is 2.01. The lowest BCUT2D eigenvalue weighted by atomic mass is 10.3. The zero-order chi connectivity index (χ0) is 13.2. The number of hydrogen-bond donors (Lipinski definition) is 1. The molecule has 8 heteroatoms. The summed E-state index contributed by atoms with van der Waals surface area (Å²) in [4.78, 5) is 24.3. The largest absolute Gasteiger partial charge is 0.461 e. The molecule has 3 aromatic rings. The molecule has 0 saturated carbocycles. The van der Waals surface area contributed by atoms with Gasteiger partial charge in [-0.3, -0.25) is 9.67 Å². The molecule has 0 spiro atoms. The average Bonchev–Trinajstić information content (AvgIpc) is 3.08. The van der Waals surface area contributed by atoms with Crippen LogP contribution in [0.3, 0.4) is 0 Å². The first-order valence-corrected chi connectivity index (χ1v) is 5.66. The Balaban J connectivity index is 2.18. The Morgan fingerprint density at radius 2 is 2.37 bits per heavy atom. The minimum atomic E-state index is -0.513. The number of carbonyl (C=O) groups excluding carboxylic acids is 1. The summed E-state index contributed by atoms with van der Waals surface area (Å²) in [5, 5.41) is 6.57. The van der Waals surface area contributed by atoms with Gasteiger partial charge in [0.05, 0.1) is 12.8 Å². The Bertz CT molecular complexity index is 718. The minimum absolute atomic E-state index is 0.160. The van der Waals surface area contributed by atoms with Gasteiger partial charge in [-0.2, -0.15) is 5.10 Å². The smallest absolute Gasteiger partial charge is 0.359 e. The molecule has 0 unspecified atom stereocenters. The maximum Gasteiger partial charge on any atom is 0.359 e. The molecule has 0 aliphatic carbocycles. The van der Waals surface area contributed by atoms with Crippen molar-refractivity contribution in [2.45, 2.75) is 6.92 Å². The lowest BCUT2D eigenvalue weighted by molar-refractivity contribution is 0.0521. The summed E-state index contributed by atoms with van der Waals surface area (Å²) >= 11 is 0. The Labute approximate surface area is 107 Å². The number of rotatable bonds is 3. The van der Waals surface area contributed by atoms with Crippen molar-refractivity contribution < 1.29 is 9.53 Å². The van der Waals surface area contributed by atoms with E-state index in [1.54, 1.807) is 30.2 Å². The second-order valence-electron chi connectivity index (χ2n) is 3.69. The van der Waals surface area contributed by atoms with Crippen molar-refractivity contribution in [2.75, 3.05) is 6.61 Å². The Hall–Kier alpha value is -2.77. The van der Waals surface area contributed by atoms with Gasteiger partial charge in [-0.05, 0) is 6.92 Å². The van der Waals surface area contributed by atoms with Gasteiger partial charge >= 0.3 is 5.97 Å². The third-order valence-corrected chi connectivity index (χ3v) is 2.49. The number of hydrogen-bond acceptors (Lipinski definition) is 6. The van der Waals surface area contributed by atoms with Gasteiger partial charge < -0.3 is 4.74 Å². The molecule has 19 heavy (non-hydrogen) atoms. The van der Waals surface area contributed by atoms with E-state index >= 15 is 0 Å². The fourth-order valence-corrected chi connectivity index (χ4v) is 1.67. The van der Waals surface area contributed by atoms with E-state index in [1.807, 2.05) is 0 Å². The first-order valence-electron chi connectivity index (χ1n) is 5.66. The predicted molar refractivity (Wildman–Crippen MR) is 64.8 cm³/mol. The van der Waals surface area contributed by atoms with Crippen molar-refractivity contribution in [3.05, 3.63) is 30.6 Å². The van der Waals surface area contributed by atoms with Gasteiger partial charge in [-0.25, -0.2) is 19.7 Å². The van der Waals surface area contributed by atoms with Crippen LogP contribution in [0.1, 0.15) is 17.4 Å². The van der Waals surface area contributed by atoms with Crippen LogP contribution < -0.4 is 0 Å². The maximum atomic E-state index is 11.9. The highest BCUT2D eigenvalue weighted by Crippen LogP contribution is 2.15. The summed E-state index contributed by atoms with van der Waals surface area (Å²) in [5.41, 5.74) is 1.16. The molecule has 0 bridgehead atoms. The van der Waals surface area contributed by atoms with Gasteiger partial charge in [0.15, 0.2) is 5.69 Å². The van der Waals surface area contributed by atoms with Crippen molar-refractivity contribution in [1.82, 2.24) is 29.7 Å². The zero-order valence-corrected chi connectivity index (χ0v) is 10.1. The van der Waals surface area contributed by atoms with Gasteiger partial charge in [0.25, 0.3) is 0 Å². The van der Waals surface area contributed by atoms with E-state index in [0.29, 0.717) is 17.0 Å². The number of aromatic nitrogens is 6. The summed E-state index contributed by atoms with van der Waals surface area (Å²) in [5.74, 6) is -0.171. The molecule has 0 saturated heterocycles. The molecule has 3 aromatic heterocycles. The molecule has 0 radical (unpaired) electrons. The average molecular weight is 258 g/mol. The molecule has 0 aliphatic rings. The van der Waals surface area contributed by atoms with Crippen molar-refractivity contribution in [2.24, 2.45) is 0 Å². The van der Waals surface area contributed by atoms with E-state index < -0.39 is 5.97 Å². The van der Waals surface area contributed by atoms with Crippen molar-refractivity contribution in [3.8, 4) is 5.95 Å². The van der Waals surface area contributed by atoms with Gasteiger partial charge in [0.1, 0.15) is 17.4 Å². The number of fused-ring (bicyclic) bond motifs is 1. The third-order valence-electron chi connectivity index (χ3n) is 2.49. The molecule has 0 atom stereocenters. The van der Waals surface area contributed by atoms with Crippen LogP contribution in [0.4, 0.5) is 0 Å². The number of esters is 1. The molecule has 0 aliphatic heterocycles. The molecule has 0 amide bonds. The van der Waals surface area contributed by atoms with E-state index in [9.17, 15) is 4.79 Å². The van der Waals surface area contributed by atoms with Gasteiger partial charge in [-0.1, -0.05) is 0 Å². The normalized spacial score (nSPS) is 10.8. The Kier molecular flexibility index (Phi) is 2.67. The van der Waals surface area contributed by atoms with E-state index in [0.717, 1.165) is 0 Å². The minimum Gasteiger partial charge on any atom is -0.461 e. The Morgan fingerprint density at radius 1 is 1.47 bits per heavy atom. The number of carbonyl (C=O) groups is 1. The number of nitrogens with one attached hydrogen (secondary N) is 1. The lowest BCUT2D eigenvalue weighted by Crippen LogP contribution is -2.11. The maximum absolute atomic E-state index is 11.9. The van der Waals surface area contributed by atoms with Crippen molar-refractivity contribution in [3.63, 3.8) is 0 Å². The molecule has 8 nitrogen and oxygen atoms in total. The van der Waals surface area contributed by atoms with E-state index in [1.165, 1.54) is 6.20 Å². The SMILES string of the molecule is CCOC(=O)c1nc(-n2ccnc2)nc2cn[nH]c12. The topological polar surface area (TPSA) is 98.6 Å². The van der Waals surface area contributed by atoms with Crippen molar-refractivity contribution >= 4 is 17.0 Å². The summed E-state index contributed by atoms with van der Waals surface area (Å²) in [6, 6.07) is 0. The summed E-state index contributed by atoms with van der Waals surface area (Å²) < 4.78 is 6.58. The second-order valence-corrected chi connectivity index (χ2v) is 3.69. The summed E-state index contributed by atoms with van der Waals surface area (Å²) in [7, 11) is 0. The summed E-state index contributed by atoms with van der Waals surface area (Å²) in [6.07, 6.45) is 6.37. The molecule has 0 aromatic carbocycles. The number of H-pyrrole nitrogens is 1. The van der Waals surface area contributed by atoms with Crippen LogP contribution in [0.25, 0.3) is 17.0 Å². The van der Waals surface area contributed by atoms with E-state index in [4.69, 9.17) is 4.74 Å². The highest BCUT2D eigenvalue weighted by molar-refractivity contribution is 5.99. The van der Waals surface area contributed by atoms with Crippen LogP contribution in [0.15, 0.2) is 24.9 Å². The molecule has 3 heterocycles. The number of nitrogens with zero attached hydrogens (tertiary/aromatic N) is 5. The zero-order valence-electron chi connectivity index (χ0n) is 10.1. The number of aromatic amines is 1. The first kappa shape index (κ1) is 11.3. The monoisotopic (exact) mass is 258 g/mol. The predicted octanol–water partition coefficient (Wildman–Crippen LogP) is 0.715. The molecule has 0 fully saturated rings. The van der Waals surface area contributed by atoms with Crippen molar-refractivity contribution in [1.29, 1.82) is 0 Å². The highest BCUT2D eigenvalue weighted by Gasteiger charge is 2.18. The van der Waals surface area contributed by atoms with Crippen LogP contribution in [-0.4, -0.2) is 42.3 Å². The van der Waals surface area contributed by atoms with Crippen LogP contribution >= 0.6 is 0 Å².